The van der Waals surface area contributed by atoms with Crippen LogP contribution in [0.3, 0.4) is 0 Å². The van der Waals surface area contributed by atoms with E-state index in [-0.39, 0.29) is 5.41 Å². The van der Waals surface area contributed by atoms with Gasteiger partial charge in [0.05, 0.1) is 11.0 Å². The molecule has 0 aliphatic heterocycles. The van der Waals surface area contributed by atoms with Crippen LogP contribution >= 0.6 is 0 Å². The minimum Gasteiger partial charge on any atom is -0.292 e. The van der Waals surface area contributed by atoms with E-state index < -0.39 is 0 Å². The third-order valence-electron chi connectivity index (χ3n) is 9.83. The molecule has 0 amide bonds. The fraction of sp³-hybridized carbons (Fsp3) is 0.0682. The molecule has 0 unspecified atom stereocenters. The maximum Gasteiger partial charge on any atom is 0.145 e. The van der Waals surface area contributed by atoms with Crippen molar-refractivity contribution in [3.8, 4) is 50.5 Å². The molecule has 2 heteroatoms. The second-order valence-corrected chi connectivity index (χ2v) is 12.8. The summed E-state index contributed by atoms with van der Waals surface area (Å²) in [6.07, 6.45) is 0. The van der Waals surface area contributed by atoms with Crippen LogP contribution in [0.2, 0.25) is 0 Å². The fourth-order valence-electron chi connectivity index (χ4n) is 7.43. The molecular formula is C44H32N2. The average molecular weight is 589 g/mol. The minimum absolute atomic E-state index is 0.110. The molecule has 1 aliphatic carbocycles. The van der Waals surface area contributed by atoms with Crippen LogP contribution in [-0.2, 0) is 5.41 Å². The number of imidazole rings is 1. The Morgan fingerprint density at radius 1 is 0.478 bits per heavy atom. The third-order valence-corrected chi connectivity index (χ3v) is 9.83. The van der Waals surface area contributed by atoms with Crippen molar-refractivity contribution in [1.82, 2.24) is 9.55 Å². The average Bonchev–Trinajstić information content (AvgIpc) is 3.61. The molecule has 9 rings (SSSR count). The van der Waals surface area contributed by atoms with Crippen LogP contribution in [0.1, 0.15) is 25.0 Å². The van der Waals surface area contributed by atoms with Gasteiger partial charge in [0.1, 0.15) is 5.82 Å². The topological polar surface area (TPSA) is 17.8 Å². The van der Waals surface area contributed by atoms with E-state index >= 15 is 0 Å². The highest BCUT2D eigenvalue weighted by atomic mass is 15.1. The van der Waals surface area contributed by atoms with E-state index in [0.29, 0.717) is 0 Å². The molecule has 8 aromatic rings. The van der Waals surface area contributed by atoms with E-state index in [1.807, 2.05) is 6.07 Å². The van der Waals surface area contributed by atoms with Crippen molar-refractivity contribution >= 4 is 21.8 Å². The number of hydrogen-bond donors (Lipinski definition) is 0. The highest BCUT2D eigenvalue weighted by Gasteiger charge is 2.36. The van der Waals surface area contributed by atoms with E-state index in [0.717, 1.165) is 28.1 Å². The first-order chi connectivity index (χ1) is 22.6. The molecule has 46 heavy (non-hydrogen) atoms. The minimum atomic E-state index is -0.110. The maximum absolute atomic E-state index is 5.02. The summed E-state index contributed by atoms with van der Waals surface area (Å²) in [6.45, 7) is 4.74. The Hall–Kier alpha value is -5.73. The Labute approximate surface area is 269 Å². The van der Waals surface area contributed by atoms with Gasteiger partial charge in [-0.25, -0.2) is 4.98 Å². The van der Waals surface area contributed by atoms with Crippen LogP contribution in [0, 0.1) is 0 Å². The largest absolute Gasteiger partial charge is 0.292 e. The van der Waals surface area contributed by atoms with E-state index in [9.17, 15) is 0 Å². The van der Waals surface area contributed by atoms with Crippen molar-refractivity contribution in [2.75, 3.05) is 0 Å². The number of benzene rings is 7. The summed E-state index contributed by atoms with van der Waals surface area (Å²) in [5.74, 6) is 0.953. The summed E-state index contributed by atoms with van der Waals surface area (Å²) in [7, 11) is 0. The summed E-state index contributed by atoms with van der Waals surface area (Å²) in [4.78, 5) is 5.02. The summed E-state index contributed by atoms with van der Waals surface area (Å²) >= 11 is 0. The van der Waals surface area contributed by atoms with Crippen molar-refractivity contribution < 1.29 is 0 Å². The zero-order valence-corrected chi connectivity index (χ0v) is 25.9. The number of aromatic nitrogens is 2. The first kappa shape index (κ1) is 26.7. The Morgan fingerprint density at radius 2 is 1.11 bits per heavy atom. The normalized spacial score (nSPS) is 13.2. The SMILES string of the molecule is CC1(C)c2cc(-c3ccc(-n4c(-c5ccccc5)nc5ccccc54)cc3)ccc2-c2ccc(-c3cccc4ccccc34)cc21. The standard InChI is InChI=1S/C44H32N2/c1-44(2)39-27-32(21-25-37(39)38-26-22-33(28-40(38)44)36-16-10-14-30-11-6-7-15-35(30)36)29-19-23-34(24-20-29)46-42-18-9-8-17-41(42)45-43(46)31-12-4-3-5-13-31/h3-28H,1-2H3. The van der Waals surface area contributed by atoms with Crippen molar-refractivity contribution in [3.63, 3.8) is 0 Å². The van der Waals surface area contributed by atoms with Crippen LogP contribution < -0.4 is 0 Å². The lowest BCUT2D eigenvalue weighted by Crippen LogP contribution is -2.15. The van der Waals surface area contributed by atoms with Gasteiger partial charge in [-0.2, -0.15) is 0 Å². The quantitative estimate of drug-likeness (QED) is 0.200. The molecule has 0 spiro atoms. The molecule has 2 nitrogen and oxygen atoms in total. The van der Waals surface area contributed by atoms with Crippen LogP contribution in [0.5, 0.6) is 0 Å². The predicted molar refractivity (Wildman–Crippen MR) is 192 cm³/mol. The number of hydrogen-bond acceptors (Lipinski definition) is 1. The monoisotopic (exact) mass is 588 g/mol. The lowest BCUT2D eigenvalue weighted by atomic mass is 9.80. The van der Waals surface area contributed by atoms with E-state index in [1.165, 1.54) is 55.3 Å². The molecule has 0 fully saturated rings. The molecular weight excluding hydrogens is 556 g/mol. The first-order valence-electron chi connectivity index (χ1n) is 16.0. The molecule has 0 saturated heterocycles. The second-order valence-electron chi connectivity index (χ2n) is 12.8. The summed E-state index contributed by atoms with van der Waals surface area (Å²) in [5, 5.41) is 2.57. The molecule has 0 saturated carbocycles. The Bertz CT molecular complexity index is 2420. The van der Waals surface area contributed by atoms with E-state index in [1.54, 1.807) is 0 Å². The van der Waals surface area contributed by atoms with E-state index in [4.69, 9.17) is 4.98 Å². The van der Waals surface area contributed by atoms with Gasteiger partial charge in [0.2, 0.25) is 0 Å². The van der Waals surface area contributed by atoms with Crippen LogP contribution in [-0.4, -0.2) is 9.55 Å². The second kappa shape index (κ2) is 10.2. The van der Waals surface area contributed by atoms with Crippen LogP contribution in [0.25, 0.3) is 72.3 Å². The van der Waals surface area contributed by atoms with Gasteiger partial charge in [-0.05, 0) is 91.7 Å². The van der Waals surface area contributed by atoms with Crippen molar-refractivity contribution in [1.29, 1.82) is 0 Å². The maximum atomic E-state index is 5.02. The highest BCUT2D eigenvalue weighted by Crippen LogP contribution is 2.51. The number of nitrogens with zero attached hydrogens (tertiary/aromatic N) is 2. The van der Waals surface area contributed by atoms with Crippen LogP contribution in [0.15, 0.2) is 158 Å². The Morgan fingerprint density at radius 3 is 1.91 bits per heavy atom. The molecule has 218 valence electrons. The zero-order chi connectivity index (χ0) is 30.8. The molecule has 0 radical (unpaired) electrons. The van der Waals surface area contributed by atoms with Gasteiger partial charge in [-0.1, -0.05) is 135 Å². The molecule has 0 bridgehead atoms. The van der Waals surface area contributed by atoms with Gasteiger partial charge < -0.3 is 0 Å². The number of para-hydroxylation sites is 2. The first-order valence-corrected chi connectivity index (χ1v) is 16.0. The Kier molecular flexibility index (Phi) is 5.88. The lowest BCUT2D eigenvalue weighted by Gasteiger charge is -2.23. The molecule has 7 aromatic carbocycles. The molecule has 1 heterocycles. The lowest BCUT2D eigenvalue weighted by molar-refractivity contribution is 0.661. The van der Waals surface area contributed by atoms with Crippen molar-refractivity contribution in [3.05, 3.63) is 169 Å². The van der Waals surface area contributed by atoms with E-state index in [2.05, 4.69) is 170 Å². The zero-order valence-electron chi connectivity index (χ0n) is 25.9. The summed E-state index contributed by atoms with van der Waals surface area (Å²) in [5.41, 5.74) is 14.6. The number of rotatable bonds is 4. The highest BCUT2D eigenvalue weighted by molar-refractivity contribution is 5.98. The summed E-state index contributed by atoms with van der Waals surface area (Å²) < 4.78 is 2.27. The van der Waals surface area contributed by atoms with Gasteiger partial charge in [-0.15, -0.1) is 0 Å². The predicted octanol–water partition coefficient (Wildman–Crippen LogP) is 11.5. The fourth-order valence-corrected chi connectivity index (χ4v) is 7.43. The molecule has 1 aromatic heterocycles. The molecule has 1 aliphatic rings. The van der Waals surface area contributed by atoms with Crippen LogP contribution in [0.4, 0.5) is 0 Å². The van der Waals surface area contributed by atoms with Gasteiger partial charge in [0.25, 0.3) is 0 Å². The van der Waals surface area contributed by atoms with Gasteiger partial charge in [0, 0.05) is 16.7 Å². The van der Waals surface area contributed by atoms with Gasteiger partial charge >= 0.3 is 0 Å². The summed E-state index contributed by atoms with van der Waals surface area (Å²) in [6, 6.07) is 57.1. The molecule has 0 atom stereocenters. The van der Waals surface area contributed by atoms with Crippen molar-refractivity contribution in [2.45, 2.75) is 19.3 Å². The smallest absolute Gasteiger partial charge is 0.145 e. The third kappa shape index (κ3) is 4.07. The van der Waals surface area contributed by atoms with Crippen molar-refractivity contribution in [2.24, 2.45) is 0 Å². The number of fused-ring (bicyclic) bond motifs is 5. The Balaban J connectivity index is 1.09. The van der Waals surface area contributed by atoms with Gasteiger partial charge in [-0.3, -0.25) is 4.57 Å². The van der Waals surface area contributed by atoms with Gasteiger partial charge in [0.15, 0.2) is 0 Å². The molecule has 0 N–H and O–H groups in total.